The normalized spacial score (nSPS) is 14.7. The Morgan fingerprint density at radius 3 is 2.60 bits per heavy atom. The quantitative estimate of drug-likeness (QED) is 0.782. The minimum Gasteiger partial charge on any atom is -0.480 e. The average Bonchev–Trinajstić information content (AvgIpc) is 2.28. The zero-order valence-corrected chi connectivity index (χ0v) is 9.17. The number of methoxy groups -OCH3 is 2. The van der Waals surface area contributed by atoms with Crippen LogP contribution in [0.25, 0.3) is 0 Å². The molecule has 0 radical (unpaired) electrons. The molecule has 5 heteroatoms. The van der Waals surface area contributed by atoms with Crippen LogP contribution in [-0.2, 0) is 4.74 Å². The Labute approximate surface area is 89.1 Å². The SMILES string of the molecule is COCC(C)C(O)c1nccnc1OC. The highest BCUT2D eigenvalue weighted by Crippen LogP contribution is 2.25. The van der Waals surface area contributed by atoms with Gasteiger partial charge in [0.15, 0.2) is 0 Å². The summed E-state index contributed by atoms with van der Waals surface area (Å²) < 4.78 is 9.99. The summed E-state index contributed by atoms with van der Waals surface area (Å²) in [4.78, 5) is 8.03. The highest BCUT2D eigenvalue weighted by molar-refractivity contribution is 5.20. The van der Waals surface area contributed by atoms with Gasteiger partial charge in [-0.3, -0.25) is 4.98 Å². The van der Waals surface area contributed by atoms with E-state index in [0.717, 1.165) is 0 Å². The van der Waals surface area contributed by atoms with Crippen molar-refractivity contribution in [3.63, 3.8) is 0 Å². The minimum atomic E-state index is -0.728. The van der Waals surface area contributed by atoms with Crippen LogP contribution in [0.2, 0.25) is 0 Å². The van der Waals surface area contributed by atoms with E-state index < -0.39 is 6.10 Å². The van der Waals surface area contributed by atoms with Gasteiger partial charge in [0.25, 0.3) is 0 Å². The fourth-order valence-corrected chi connectivity index (χ4v) is 1.32. The van der Waals surface area contributed by atoms with Crippen molar-refractivity contribution in [2.75, 3.05) is 20.8 Å². The summed E-state index contributed by atoms with van der Waals surface area (Å²) >= 11 is 0. The lowest BCUT2D eigenvalue weighted by Gasteiger charge is -2.18. The van der Waals surface area contributed by atoms with Crippen LogP contribution >= 0.6 is 0 Å². The molecular weight excluding hydrogens is 196 g/mol. The molecule has 0 aliphatic heterocycles. The molecule has 0 spiro atoms. The highest BCUT2D eigenvalue weighted by atomic mass is 16.5. The molecule has 84 valence electrons. The fourth-order valence-electron chi connectivity index (χ4n) is 1.32. The summed E-state index contributed by atoms with van der Waals surface area (Å²) in [6.07, 6.45) is 2.32. The van der Waals surface area contributed by atoms with Gasteiger partial charge in [-0.25, -0.2) is 4.98 Å². The molecule has 0 saturated heterocycles. The van der Waals surface area contributed by atoms with E-state index in [1.165, 1.54) is 19.5 Å². The third-order valence-electron chi connectivity index (χ3n) is 2.13. The number of aliphatic hydroxyl groups excluding tert-OH is 1. The van der Waals surface area contributed by atoms with E-state index in [0.29, 0.717) is 18.2 Å². The lowest BCUT2D eigenvalue weighted by Crippen LogP contribution is -2.16. The van der Waals surface area contributed by atoms with Crippen molar-refractivity contribution in [2.24, 2.45) is 5.92 Å². The Morgan fingerprint density at radius 1 is 1.33 bits per heavy atom. The summed E-state index contributed by atoms with van der Waals surface area (Å²) in [6, 6.07) is 0. The van der Waals surface area contributed by atoms with E-state index in [1.54, 1.807) is 7.11 Å². The van der Waals surface area contributed by atoms with Crippen LogP contribution in [0.5, 0.6) is 5.88 Å². The van der Waals surface area contributed by atoms with Gasteiger partial charge in [0.1, 0.15) is 11.8 Å². The molecule has 1 heterocycles. The average molecular weight is 212 g/mol. The fraction of sp³-hybridized carbons (Fsp3) is 0.600. The van der Waals surface area contributed by atoms with Gasteiger partial charge in [0.05, 0.1) is 13.7 Å². The third kappa shape index (κ3) is 2.87. The maximum absolute atomic E-state index is 9.97. The molecule has 15 heavy (non-hydrogen) atoms. The van der Waals surface area contributed by atoms with Gasteiger partial charge in [0, 0.05) is 25.4 Å². The van der Waals surface area contributed by atoms with Crippen LogP contribution in [0.15, 0.2) is 12.4 Å². The molecule has 0 aromatic carbocycles. The van der Waals surface area contributed by atoms with Gasteiger partial charge in [-0.2, -0.15) is 0 Å². The van der Waals surface area contributed by atoms with Crippen molar-refractivity contribution < 1.29 is 14.6 Å². The second kappa shape index (κ2) is 5.63. The lowest BCUT2D eigenvalue weighted by atomic mass is 10.0. The first kappa shape index (κ1) is 11.9. The Hall–Kier alpha value is -1.20. The van der Waals surface area contributed by atoms with Crippen molar-refractivity contribution in [1.29, 1.82) is 0 Å². The number of rotatable bonds is 5. The van der Waals surface area contributed by atoms with E-state index >= 15 is 0 Å². The van der Waals surface area contributed by atoms with Gasteiger partial charge in [-0.15, -0.1) is 0 Å². The first-order valence-corrected chi connectivity index (χ1v) is 4.72. The molecule has 1 aromatic heterocycles. The second-order valence-corrected chi connectivity index (χ2v) is 3.33. The van der Waals surface area contributed by atoms with Crippen molar-refractivity contribution in [3.8, 4) is 5.88 Å². The molecule has 2 atom stereocenters. The van der Waals surface area contributed by atoms with E-state index in [-0.39, 0.29) is 5.92 Å². The molecule has 0 aliphatic rings. The maximum Gasteiger partial charge on any atom is 0.238 e. The largest absolute Gasteiger partial charge is 0.480 e. The minimum absolute atomic E-state index is 0.0550. The van der Waals surface area contributed by atoms with E-state index in [9.17, 15) is 5.11 Å². The van der Waals surface area contributed by atoms with Crippen molar-refractivity contribution in [1.82, 2.24) is 9.97 Å². The molecule has 0 saturated carbocycles. The molecule has 0 fully saturated rings. The standard InChI is InChI=1S/C10H16N2O3/c1-7(6-14-2)9(13)8-10(15-3)12-5-4-11-8/h4-5,7,9,13H,6H2,1-3H3. The number of hydrogen-bond acceptors (Lipinski definition) is 5. The van der Waals surface area contributed by atoms with Crippen LogP contribution < -0.4 is 4.74 Å². The zero-order chi connectivity index (χ0) is 11.3. The van der Waals surface area contributed by atoms with Crippen LogP contribution in [0, 0.1) is 5.92 Å². The summed E-state index contributed by atoms with van der Waals surface area (Å²) in [6.45, 7) is 2.34. The van der Waals surface area contributed by atoms with Crippen LogP contribution in [0.4, 0.5) is 0 Å². The number of aromatic nitrogens is 2. The number of nitrogens with zero attached hydrogens (tertiary/aromatic N) is 2. The van der Waals surface area contributed by atoms with Gasteiger partial charge >= 0.3 is 0 Å². The summed E-state index contributed by atoms with van der Waals surface area (Å²) in [7, 11) is 3.10. The summed E-state index contributed by atoms with van der Waals surface area (Å²) in [5.41, 5.74) is 0.449. The first-order valence-electron chi connectivity index (χ1n) is 4.72. The number of hydrogen-bond donors (Lipinski definition) is 1. The Morgan fingerprint density at radius 2 is 2.00 bits per heavy atom. The zero-order valence-electron chi connectivity index (χ0n) is 9.17. The van der Waals surface area contributed by atoms with Gasteiger partial charge in [0.2, 0.25) is 5.88 Å². The van der Waals surface area contributed by atoms with Crippen molar-refractivity contribution in [2.45, 2.75) is 13.0 Å². The van der Waals surface area contributed by atoms with Crippen molar-refractivity contribution >= 4 is 0 Å². The second-order valence-electron chi connectivity index (χ2n) is 3.33. The van der Waals surface area contributed by atoms with E-state index in [1.807, 2.05) is 6.92 Å². The molecular formula is C10H16N2O3. The Bertz CT molecular complexity index is 306. The Balaban J connectivity index is 2.84. The summed E-state index contributed by atoms with van der Waals surface area (Å²) in [5, 5.41) is 9.97. The van der Waals surface area contributed by atoms with Gasteiger partial charge in [-0.05, 0) is 0 Å². The first-order chi connectivity index (χ1) is 7.20. The maximum atomic E-state index is 9.97. The lowest BCUT2D eigenvalue weighted by molar-refractivity contribution is 0.0520. The molecule has 5 nitrogen and oxygen atoms in total. The predicted octanol–water partition coefficient (Wildman–Crippen LogP) is 0.801. The molecule has 1 rings (SSSR count). The molecule has 1 aromatic rings. The Kier molecular flexibility index (Phi) is 4.45. The number of aliphatic hydroxyl groups is 1. The third-order valence-corrected chi connectivity index (χ3v) is 2.13. The van der Waals surface area contributed by atoms with Crippen LogP contribution in [-0.4, -0.2) is 35.9 Å². The van der Waals surface area contributed by atoms with Crippen LogP contribution in [0.3, 0.4) is 0 Å². The van der Waals surface area contributed by atoms with Crippen molar-refractivity contribution in [3.05, 3.63) is 18.1 Å². The van der Waals surface area contributed by atoms with Crippen LogP contribution in [0.1, 0.15) is 18.7 Å². The summed E-state index contributed by atoms with van der Waals surface area (Å²) in [5.74, 6) is 0.300. The van der Waals surface area contributed by atoms with Gasteiger partial charge in [-0.1, -0.05) is 6.92 Å². The molecule has 1 N–H and O–H groups in total. The molecule has 0 amide bonds. The molecule has 0 bridgehead atoms. The predicted molar refractivity (Wildman–Crippen MR) is 54.6 cm³/mol. The smallest absolute Gasteiger partial charge is 0.238 e. The number of ether oxygens (including phenoxy) is 2. The van der Waals surface area contributed by atoms with E-state index in [2.05, 4.69) is 9.97 Å². The van der Waals surface area contributed by atoms with Gasteiger partial charge < -0.3 is 14.6 Å². The molecule has 0 aliphatic carbocycles. The highest BCUT2D eigenvalue weighted by Gasteiger charge is 2.21. The topological polar surface area (TPSA) is 64.5 Å². The molecule has 2 unspecified atom stereocenters. The van der Waals surface area contributed by atoms with E-state index in [4.69, 9.17) is 9.47 Å². The monoisotopic (exact) mass is 212 g/mol.